The van der Waals surface area contributed by atoms with Crippen molar-refractivity contribution in [2.45, 2.75) is 19.8 Å². The van der Waals surface area contributed by atoms with Gasteiger partial charge in [-0.25, -0.2) is 4.79 Å². The van der Waals surface area contributed by atoms with Crippen molar-refractivity contribution in [3.8, 4) is 0 Å². The Hall–Kier alpha value is -2.72. The third-order valence-corrected chi connectivity index (χ3v) is 5.19. The monoisotopic (exact) mass is 422 g/mol. The number of piperidine rings is 1. The summed E-state index contributed by atoms with van der Waals surface area (Å²) in [6.07, 6.45) is 1.13. The number of hydrogen-bond donors (Lipinski definition) is 3. The number of amides is 4. The first-order chi connectivity index (χ1) is 13.4. The lowest BCUT2D eigenvalue weighted by atomic mass is 9.96. The van der Waals surface area contributed by atoms with Crippen molar-refractivity contribution in [1.82, 2.24) is 15.1 Å². The van der Waals surface area contributed by atoms with E-state index in [9.17, 15) is 14.4 Å². The first-order valence-corrected chi connectivity index (χ1v) is 9.88. The summed E-state index contributed by atoms with van der Waals surface area (Å²) in [5, 5.41) is 16.4. The first kappa shape index (κ1) is 20.0. The molecular formula is C17H19ClN6O3S. The van der Waals surface area contributed by atoms with Crippen molar-refractivity contribution in [3.63, 3.8) is 0 Å². The third-order valence-electron chi connectivity index (χ3n) is 4.27. The maximum Gasteiger partial charge on any atom is 0.321 e. The first-order valence-electron chi connectivity index (χ1n) is 8.62. The van der Waals surface area contributed by atoms with E-state index in [-0.39, 0.29) is 23.8 Å². The van der Waals surface area contributed by atoms with Crippen LogP contribution in [-0.4, -0.2) is 46.0 Å². The number of nitrogens with zero attached hydrogens (tertiary/aromatic N) is 3. The molecule has 0 unspecified atom stereocenters. The van der Waals surface area contributed by atoms with Crippen molar-refractivity contribution in [2.75, 3.05) is 29.0 Å². The number of anilines is 3. The molecule has 1 saturated heterocycles. The Morgan fingerprint density at radius 3 is 2.54 bits per heavy atom. The second kappa shape index (κ2) is 8.98. The van der Waals surface area contributed by atoms with Crippen LogP contribution in [0, 0.1) is 5.92 Å². The fourth-order valence-corrected chi connectivity index (χ4v) is 3.55. The maximum absolute atomic E-state index is 12.5. The van der Waals surface area contributed by atoms with E-state index in [0.29, 0.717) is 47.5 Å². The number of carbonyl (C=O) groups excluding carboxylic acids is 3. The minimum atomic E-state index is -0.280. The van der Waals surface area contributed by atoms with Gasteiger partial charge in [0.25, 0.3) is 0 Å². The molecule has 11 heteroatoms. The summed E-state index contributed by atoms with van der Waals surface area (Å²) >= 11 is 7.44. The second-order valence-corrected chi connectivity index (χ2v) is 7.54. The molecule has 1 aliphatic heterocycles. The highest BCUT2D eigenvalue weighted by Gasteiger charge is 2.28. The number of halogens is 1. The van der Waals surface area contributed by atoms with Gasteiger partial charge in [0.2, 0.25) is 16.9 Å². The zero-order valence-electron chi connectivity index (χ0n) is 15.1. The summed E-state index contributed by atoms with van der Waals surface area (Å²) in [4.78, 5) is 37.5. The van der Waals surface area contributed by atoms with Gasteiger partial charge in [0.1, 0.15) is 5.51 Å². The van der Waals surface area contributed by atoms with Gasteiger partial charge >= 0.3 is 6.03 Å². The van der Waals surface area contributed by atoms with Gasteiger partial charge in [0.05, 0.1) is 10.7 Å². The Morgan fingerprint density at radius 1 is 1.18 bits per heavy atom. The molecule has 1 fully saturated rings. The molecule has 2 aromatic rings. The van der Waals surface area contributed by atoms with Crippen LogP contribution < -0.4 is 16.0 Å². The molecule has 1 aromatic carbocycles. The number of carbonyl (C=O) groups is 3. The minimum Gasteiger partial charge on any atom is -0.326 e. The van der Waals surface area contributed by atoms with Gasteiger partial charge in [-0.05, 0) is 31.0 Å². The number of aromatic nitrogens is 2. The van der Waals surface area contributed by atoms with Gasteiger partial charge in [-0.3, -0.25) is 9.59 Å². The molecule has 1 aliphatic rings. The summed E-state index contributed by atoms with van der Waals surface area (Å²) in [6.45, 7) is 2.32. The summed E-state index contributed by atoms with van der Waals surface area (Å²) in [6, 6.07) is 4.58. The van der Waals surface area contributed by atoms with Crippen LogP contribution in [0.2, 0.25) is 5.02 Å². The summed E-state index contributed by atoms with van der Waals surface area (Å²) < 4.78 is 0. The number of urea groups is 1. The Labute approximate surface area is 170 Å². The van der Waals surface area contributed by atoms with Gasteiger partial charge in [0.15, 0.2) is 0 Å². The van der Waals surface area contributed by atoms with Crippen LogP contribution in [0.15, 0.2) is 23.7 Å². The maximum atomic E-state index is 12.5. The lowest BCUT2D eigenvalue weighted by molar-refractivity contribution is -0.121. The smallest absolute Gasteiger partial charge is 0.321 e. The van der Waals surface area contributed by atoms with E-state index in [2.05, 4.69) is 26.1 Å². The van der Waals surface area contributed by atoms with Crippen molar-refractivity contribution in [1.29, 1.82) is 0 Å². The normalized spacial score (nSPS) is 14.4. The number of rotatable bonds is 4. The molecule has 0 saturated carbocycles. The minimum absolute atomic E-state index is 0.103. The molecule has 0 spiro atoms. The lowest BCUT2D eigenvalue weighted by Gasteiger charge is -2.31. The largest absolute Gasteiger partial charge is 0.326 e. The van der Waals surface area contributed by atoms with Gasteiger partial charge in [0, 0.05) is 31.6 Å². The fourth-order valence-electron chi connectivity index (χ4n) is 2.87. The Kier molecular flexibility index (Phi) is 6.42. The Bertz CT molecular complexity index is 868. The fraction of sp³-hybridized carbons (Fsp3) is 0.353. The molecule has 3 rings (SSSR count). The molecule has 2 heterocycles. The molecule has 3 N–H and O–H groups in total. The van der Waals surface area contributed by atoms with E-state index in [0.717, 1.165) is 0 Å². The highest BCUT2D eigenvalue weighted by atomic mass is 35.5. The molecule has 148 valence electrons. The number of benzene rings is 1. The van der Waals surface area contributed by atoms with Crippen LogP contribution in [0.1, 0.15) is 19.8 Å². The molecule has 9 nitrogen and oxygen atoms in total. The van der Waals surface area contributed by atoms with Crippen LogP contribution in [0.5, 0.6) is 0 Å². The van der Waals surface area contributed by atoms with Gasteiger partial charge in [-0.2, -0.15) is 0 Å². The van der Waals surface area contributed by atoms with Crippen LogP contribution in [0.25, 0.3) is 0 Å². The number of likely N-dealkylation sites (tertiary alicyclic amines) is 1. The van der Waals surface area contributed by atoms with Gasteiger partial charge in [-0.15, -0.1) is 10.2 Å². The van der Waals surface area contributed by atoms with Crippen molar-refractivity contribution in [2.24, 2.45) is 5.92 Å². The molecule has 0 atom stereocenters. The van der Waals surface area contributed by atoms with E-state index in [1.54, 1.807) is 28.6 Å². The Morgan fingerprint density at radius 2 is 1.93 bits per heavy atom. The predicted molar refractivity (Wildman–Crippen MR) is 108 cm³/mol. The average molecular weight is 423 g/mol. The zero-order valence-corrected chi connectivity index (χ0v) is 16.6. The molecule has 4 amide bonds. The lowest BCUT2D eigenvalue weighted by Crippen LogP contribution is -2.43. The standard InChI is InChI=1S/C17H19ClN6O3S/c1-10(25)20-12-2-3-14(13(18)8-12)21-17(27)24-6-4-11(5-7-24)15(26)22-16-23-19-9-28-16/h2-3,8-9,11H,4-7H2,1H3,(H,20,25)(H,21,27)(H,22,23,26). The van der Waals surface area contributed by atoms with E-state index in [4.69, 9.17) is 11.6 Å². The summed E-state index contributed by atoms with van der Waals surface area (Å²) in [5.74, 6) is -0.479. The highest BCUT2D eigenvalue weighted by Crippen LogP contribution is 2.27. The number of nitrogens with one attached hydrogen (secondary N) is 3. The zero-order chi connectivity index (χ0) is 20.1. The van der Waals surface area contributed by atoms with E-state index < -0.39 is 0 Å². The Balaban J connectivity index is 1.51. The van der Waals surface area contributed by atoms with Crippen LogP contribution >= 0.6 is 22.9 Å². The van der Waals surface area contributed by atoms with Gasteiger partial charge in [-0.1, -0.05) is 22.9 Å². The van der Waals surface area contributed by atoms with E-state index >= 15 is 0 Å². The van der Waals surface area contributed by atoms with Crippen LogP contribution in [0.3, 0.4) is 0 Å². The summed E-state index contributed by atoms with van der Waals surface area (Å²) in [5.41, 5.74) is 2.56. The van der Waals surface area contributed by atoms with Crippen LogP contribution in [0.4, 0.5) is 21.3 Å². The van der Waals surface area contributed by atoms with Crippen molar-refractivity contribution >= 4 is 57.3 Å². The quantitative estimate of drug-likeness (QED) is 0.700. The third kappa shape index (κ3) is 5.17. The van der Waals surface area contributed by atoms with E-state index in [1.807, 2.05) is 0 Å². The van der Waals surface area contributed by atoms with E-state index in [1.165, 1.54) is 18.3 Å². The number of hydrogen-bond acceptors (Lipinski definition) is 6. The summed E-state index contributed by atoms with van der Waals surface area (Å²) in [7, 11) is 0. The molecular weight excluding hydrogens is 404 g/mol. The predicted octanol–water partition coefficient (Wildman–Crippen LogP) is 3.03. The SMILES string of the molecule is CC(=O)Nc1ccc(NC(=O)N2CCC(C(=O)Nc3nncs3)CC2)c(Cl)c1. The van der Waals surface area contributed by atoms with Crippen molar-refractivity contribution < 1.29 is 14.4 Å². The second-order valence-electron chi connectivity index (χ2n) is 6.30. The molecule has 0 aliphatic carbocycles. The topological polar surface area (TPSA) is 116 Å². The molecule has 0 bridgehead atoms. The van der Waals surface area contributed by atoms with Gasteiger partial charge < -0.3 is 20.9 Å². The van der Waals surface area contributed by atoms with Crippen LogP contribution in [-0.2, 0) is 9.59 Å². The molecule has 28 heavy (non-hydrogen) atoms. The average Bonchev–Trinajstić information content (AvgIpc) is 3.16. The highest BCUT2D eigenvalue weighted by molar-refractivity contribution is 7.13. The molecule has 1 aromatic heterocycles. The molecule has 0 radical (unpaired) electrons. The van der Waals surface area contributed by atoms with Crippen molar-refractivity contribution in [3.05, 3.63) is 28.7 Å².